The maximum absolute atomic E-state index is 10.5. The summed E-state index contributed by atoms with van der Waals surface area (Å²) in [6.45, 7) is 1.49. The molecule has 8 nitrogen and oxygen atoms in total. The number of hydrogen-bond acceptors (Lipinski definition) is 8. The van der Waals surface area contributed by atoms with Crippen molar-refractivity contribution in [3.63, 3.8) is 0 Å². The molecule has 0 rings (SSSR count). The zero-order chi connectivity index (χ0) is 14.2. The van der Waals surface area contributed by atoms with Crippen LogP contribution in [0, 0.1) is 0 Å². The van der Waals surface area contributed by atoms with Gasteiger partial charge in [-0.15, -0.1) is 0 Å². The van der Waals surface area contributed by atoms with E-state index >= 15 is 0 Å². The quantitative estimate of drug-likeness (QED) is 0.317. The molecule has 0 bridgehead atoms. The molecule has 0 atom stereocenters. The lowest BCUT2D eigenvalue weighted by Crippen LogP contribution is -2.13. The zero-order valence-electron chi connectivity index (χ0n) is 10.6. The molecule has 0 radical (unpaired) electrons. The molecule has 18 heavy (non-hydrogen) atoms. The molecular weight excluding hydrogens is 248 g/mol. The highest BCUT2D eigenvalue weighted by Gasteiger charge is 1.99. The fourth-order valence-electron chi connectivity index (χ4n) is 0.611. The van der Waals surface area contributed by atoms with E-state index in [-0.39, 0.29) is 26.4 Å². The fraction of sp³-hybridized carbons (Fsp3) is 0.800. The molecule has 2 N–H and O–H groups in total. The minimum atomic E-state index is -0.487. The summed E-state index contributed by atoms with van der Waals surface area (Å²) in [6.07, 6.45) is 0. The maximum atomic E-state index is 10.5. The van der Waals surface area contributed by atoms with Crippen LogP contribution in [-0.2, 0) is 28.5 Å². The van der Waals surface area contributed by atoms with E-state index in [1.165, 1.54) is 7.11 Å². The first-order valence-electron chi connectivity index (χ1n) is 5.21. The zero-order valence-corrected chi connectivity index (χ0v) is 10.6. The van der Waals surface area contributed by atoms with Crippen molar-refractivity contribution in [3.05, 3.63) is 0 Å². The largest absolute Gasteiger partial charge is 0.467 e. The third-order valence-corrected chi connectivity index (χ3v) is 1.30. The molecule has 0 saturated heterocycles. The maximum Gasteiger partial charge on any atom is 0.332 e. The first-order valence-corrected chi connectivity index (χ1v) is 5.21. The van der Waals surface area contributed by atoms with Crippen LogP contribution in [0.25, 0.3) is 0 Å². The molecular formula is C10H20O8. The Morgan fingerprint density at radius 2 is 1.67 bits per heavy atom. The molecule has 8 heteroatoms. The summed E-state index contributed by atoms with van der Waals surface area (Å²) < 4.78 is 17.7. The predicted octanol–water partition coefficient (Wildman–Crippen LogP) is -1.32. The summed E-state index contributed by atoms with van der Waals surface area (Å²) in [7, 11) is 1.25. The van der Waals surface area contributed by atoms with Gasteiger partial charge in [0.1, 0.15) is 20.0 Å². The predicted molar refractivity (Wildman–Crippen MR) is 59.6 cm³/mol. The first-order chi connectivity index (χ1) is 8.62. The Morgan fingerprint density at radius 3 is 2.11 bits per heavy atom. The Hall–Kier alpha value is -1.22. The molecule has 0 aliphatic heterocycles. The molecule has 108 valence electrons. The van der Waals surface area contributed by atoms with Gasteiger partial charge in [0.05, 0.1) is 26.9 Å². The van der Waals surface area contributed by atoms with E-state index in [9.17, 15) is 9.59 Å². The highest BCUT2D eigenvalue weighted by atomic mass is 16.6. The monoisotopic (exact) mass is 268 g/mol. The van der Waals surface area contributed by atoms with Crippen LogP contribution in [0.3, 0.4) is 0 Å². The summed E-state index contributed by atoms with van der Waals surface area (Å²) >= 11 is 0. The molecule has 0 aromatic rings. The van der Waals surface area contributed by atoms with Crippen molar-refractivity contribution >= 4 is 11.9 Å². The molecule has 0 aromatic carbocycles. The van der Waals surface area contributed by atoms with E-state index in [0.717, 1.165) is 0 Å². The lowest BCUT2D eigenvalue weighted by Gasteiger charge is -2.00. The number of rotatable bonds is 8. The van der Waals surface area contributed by atoms with Gasteiger partial charge in [0.15, 0.2) is 0 Å². The molecule has 0 spiro atoms. The van der Waals surface area contributed by atoms with E-state index in [0.29, 0.717) is 6.61 Å². The van der Waals surface area contributed by atoms with Crippen molar-refractivity contribution < 1.29 is 38.7 Å². The van der Waals surface area contributed by atoms with Crippen molar-refractivity contribution in [2.24, 2.45) is 0 Å². The van der Waals surface area contributed by atoms with Gasteiger partial charge in [0.25, 0.3) is 0 Å². The van der Waals surface area contributed by atoms with E-state index in [1.54, 1.807) is 6.92 Å². The van der Waals surface area contributed by atoms with Crippen LogP contribution >= 0.6 is 0 Å². The van der Waals surface area contributed by atoms with Crippen LogP contribution in [0.2, 0.25) is 0 Å². The van der Waals surface area contributed by atoms with E-state index in [2.05, 4.69) is 18.9 Å². The van der Waals surface area contributed by atoms with Crippen molar-refractivity contribution in [1.29, 1.82) is 0 Å². The average Bonchev–Trinajstić information content (AvgIpc) is 2.37. The van der Waals surface area contributed by atoms with E-state index in [1.807, 2.05) is 0 Å². The van der Waals surface area contributed by atoms with Gasteiger partial charge in [0, 0.05) is 0 Å². The Labute approximate surface area is 105 Å². The number of carbonyl (C=O) groups is 2. The summed E-state index contributed by atoms with van der Waals surface area (Å²) in [6, 6.07) is 0. The van der Waals surface area contributed by atoms with Gasteiger partial charge in [-0.05, 0) is 6.92 Å². The number of carbonyl (C=O) groups excluding carboxylic acids is 2. The van der Waals surface area contributed by atoms with Crippen LogP contribution in [0.15, 0.2) is 0 Å². The minimum absolute atomic E-state index is 0.0700. The third-order valence-electron chi connectivity index (χ3n) is 1.30. The number of ether oxygens (including phenoxy) is 4. The average molecular weight is 268 g/mol. The molecule has 0 aliphatic carbocycles. The van der Waals surface area contributed by atoms with Crippen molar-refractivity contribution in [3.8, 4) is 0 Å². The third kappa shape index (κ3) is 17.2. The van der Waals surface area contributed by atoms with Crippen molar-refractivity contribution in [2.45, 2.75) is 6.92 Å². The summed E-state index contributed by atoms with van der Waals surface area (Å²) in [4.78, 5) is 20.6. The Morgan fingerprint density at radius 1 is 1.06 bits per heavy atom. The van der Waals surface area contributed by atoms with Gasteiger partial charge >= 0.3 is 11.9 Å². The van der Waals surface area contributed by atoms with E-state index in [4.69, 9.17) is 10.2 Å². The van der Waals surface area contributed by atoms with Crippen LogP contribution in [0.1, 0.15) is 6.92 Å². The van der Waals surface area contributed by atoms with Crippen LogP contribution in [0.4, 0.5) is 0 Å². The lowest BCUT2D eigenvalue weighted by atomic mass is 10.7. The summed E-state index contributed by atoms with van der Waals surface area (Å²) in [5.74, 6) is -0.880. The normalized spacial score (nSPS) is 9.11. The molecule has 0 fully saturated rings. The van der Waals surface area contributed by atoms with Gasteiger partial charge in [-0.25, -0.2) is 9.59 Å². The molecule has 0 aromatic heterocycles. The smallest absolute Gasteiger partial charge is 0.332 e. The second-order valence-corrected chi connectivity index (χ2v) is 2.63. The van der Waals surface area contributed by atoms with Gasteiger partial charge in [-0.3, -0.25) is 0 Å². The van der Waals surface area contributed by atoms with Crippen LogP contribution < -0.4 is 0 Å². The van der Waals surface area contributed by atoms with Gasteiger partial charge < -0.3 is 29.2 Å². The summed E-state index contributed by atoms with van der Waals surface area (Å²) in [5, 5.41) is 16.2. The molecule has 0 unspecified atom stereocenters. The standard InChI is InChI=1S/C6H12O4.C4H8O4/c1-2-10-6(8)5-9-4-3-7;1-7-4(6)2-8-3-5/h7H,2-5H2,1H3;5H,2-3H2,1H3. The Bertz CT molecular complexity index is 206. The van der Waals surface area contributed by atoms with Gasteiger partial charge in [0.2, 0.25) is 0 Å². The van der Waals surface area contributed by atoms with E-state index < -0.39 is 18.7 Å². The highest BCUT2D eigenvalue weighted by molar-refractivity contribution is 5.70. The fourth-order valence-corrected chi connectivity index (χ4v) is 0.611. The first kappa shape index (κ1) is 19.1. The Kier molecular flexibility index (Phi) is 16.8. The van der Waals surface area contributed by atoms with Gasteiger partial charge in [-0.2, -0.15) is 0 Å². The number of esters is 2. The second-order valence-electron chi connectivity index (χ2n) is 2.63. The number of aliphatic hydroxyl groups is 2. The topological polar surface area (TPSA) is 112 Å². The second kappa shape index (κ2) is 15.8. The SMILES string of the molecule is CCOC(=O)COCCO.COC(=O)COCO. The number of methoxy groups -OCH3 is 1. The minimum Gasteiger partial charge on any atom is -0.467 e. The van der Waals surface area contributed by atoms with Crippen molar-refractivity contribution in [1.82, 2.24) is 0 Å². The number of hydrogen-bond donors (Lipinski definition) is 2. The van der Waals surface area contributed by atoms with Gasteiger partial charge in [-0.1, -0.05) is 0 Å². The molecule has 0 saturated carbocycles. The van der Waals surface area contributed by atoms with Crippen molar-refractivity contribution in [2.75, 3.05) is 46.9 Å². The number of aliphatic hydroxyl groups excluding tert-OH is 2. The molecule has 0 aliphatic rings. The molecule has 0 amide bonds. The Balaban J connectivity index is 0. The van der Waals surface area contributed by atoms with Crippen LogP contribution in [0.5, 0.6) is 0 Å². The highest BCUT2D eigenvalue weighted by Crippen LogP contribution is 1.79. The molecule has 0 heterocycles. The summed E-state index contributed by atoms with van der Waals surface area (Å²) in [5.41, 5.74) is 0. The van der Waals surface area contributed by atoms with Crippen LogP contribution in [-0.4, -0.2) is 69.1 Å². The lowest BCUT2D eigenvalue weighted by molar-refractivity contribution is -0.149.